The molecule has 1 fully saturated rings. The van der Waals surface area contributed by atoms with E-state index in [1.807, 2.05) is 0 Å². The number of aryl methyl sites for hydroxylation is 1. The summed E-state index contributed by atoms with van der Waals surface area (Å²) in [5.41, 5.74) is -0.516. The summed E-state index contributed by atoms with van der Waals surface area (Å²) >= 11 is 0. The lowest BCUT2D eigenvalue weighted by atomic mass is 10.1. The Hall–Kier alpha value is -1.70. The first-order valence-electron chi connectivity index (χ1n) is 5.41. The summed E-state index contributed by atoms with van der Waals surface area (Å²) in [5, 5.41) is 18.7. The van der Waals surface area contributed by atoms with Gasteiger partial charge in [0.05, 0.1) is 6.61 Å². The number of aliphatic hydroxyl groups is 2. The highest BCUT2D eigenvalue weighted by Crippen LogP contribution is 2.31. The number of aromatic amines is 1. The predicted molar refractivity (Wildman–Crippen MR) is 62.2 cm³/mol. The summed E-state index contributed by atoms with van der Waals surface area (Å²) in [6.07, 6.45) is -1.41. The van der Waals surface area contributed by atoms with E-state index in [9.17, 15) is 14.7 Å². The lowest BCUT2D eigenvalue weighted by molar-refractivity contribution is -0.0448. The van der Waals surface area contributed by atoms with Crippen LogP contribution in [0.5, 0.6) is 0 Å². The van der Waals surface area contributed by atoms with Crippen LogP contribution < -0.4 is 11.2 Å². The molecule has 0 saturated carbocycles. The third-order valence-electron chi connectivity index (χ3n) is 2.93. The molecule has 1 aromatic rings. The van der Waals surface area contributed by atoms with Crippen molar-refractivity contribution in [2.75, 3.05) is 6.61 Å². The van der Waals surface area contributed by atoms with E-state index >= 15 is 0 Å². The maximum Gasteiger partial charge on any atom is 0.330 e. The van der Waals surface area contributed by atoms with Crippen LogP contribution in [0.25, 0.3) is 0 Å². The average molecular weight is 254 g/mol. The molecule has 0 aromatic carbocycles. The molecule has 2 rings (SSSR count). The van der Waals surface area contributed by atoms with Crippen LogP contribution in [-0.4, -0.2) is 38.6 Å². The third kappa shape index (κ3) is 1.92. The van der Waals surface area contributed by atoms with Crippen LogP contribution >= 0.6 is 0 Å². The quantitative estimate of drug-likeness (QED) is 0.566. The van der Waals surface area contributed by atoms with E-state index in [0.717, 1.165) is 4.57 Å². The third-order valence-corrected chi connectivity index (χ3v) is 2.93. The second kappa shape index (κ2) is 4.52. The Bertz CT molecular complexity index is 588. The molecule has 3 N–H and O–H groups in total. The minimum Gasteiger partial charge on any atom is -0.394 e. The van der Waals surface area contributed by atoms with Gasteiger partial charge in [0, 0.05) is 17.3 Å². The topological polar surface area (TPSA) is 105 Å². The largest absolute Gasteiger partial charge is 0.394 e. The van der Waals surface area contributed by atoms with Gasteiger partial charge in [-0.15, -0.1) is 0 Å². The summed E-state index contributed by atoms with van der Waals surface area (Å²) in [7, 11) is 0. The van der Waals surface area contributed by atoms with Crippen LogP contribution in [0, 0.1) is 6.92 Å². The molecule has 1 saturated heterocycles. The number of rotatable bonds is 2. The van der Waals surface area contributed by atoms with Crippen LogP contribution in [-0.2, 0) is 4.74 Å². The zero-order valence-corrected chi connectivity index (χ0v) is 9.79. The van der Waals surface area contributed by atoms with Crippen LogP contribution in [0.15, 0.2) is 27.9 Å². The van der Waals surface area contributed by atoms with Gasteiger partial charge >= 0.3 is 5.69 Å². The van der Waals surface area contributed by atoms with E-state index in [1.165, 1.54) is 6.20 Å². The van der Waals surface area contributed by atoms with Gasteiger partial charge in [-0.2, -0.15) is 0 Å². The molecule has 98 valence electrons. The summed E-state index contributed by atoms with van der Waals surface area (Å²) in [4.78, 5) is 25.1. The molecule has 0 amide bonds. The van der Waals surface area contributed by atoms with Crippen molar-refractivity contribution in [1.29, 1.82) is 0 Å². The minimum absolute atomic E-state index is 0.266. The fourth-order valence-corrected chi connectivity index (χ4v) is 1.86. The Morgan fingerprint density at radius 3 is 2.78 bits per heavy atom. The van der Waals surface area contributed by atoms with Crippen molar-refractivity contribution in [3.8, 4) is 0 Å². The molecule has 0 spiro atoms. The number of aromatic nitrogens is 2. The highest BCUT2D eigenvalue weighted by atomic mass is 16.5. The first-order chi connectivity index (χ1) is 8.45. The van der Waals surface area contributed by atoms with Crippen LogP contribution in [0.4, 0.5) is 0 Å². The van der Waals surface area contributed by atoms with E-state index in [1.54, 1.807) is 6.92 Å². The van der Waals surface area contributed by atoms with Crippen molar-refractivity contribution in [3.05, 3.63) is 44.8 Å². The summed E-state index contributed by atoms with van der Waals surface area (Å²) in [5.74, 6) is 0. The average Bonchev–Trinajstić information content (AvgIpc) is 2.61. The van der Waals surface area contributed by atoms with Crippen LogP contribution in [0.3, 0.4) is 0 Å². The molecule has 0 bridgehead atoms. The molecule has 3 unspecified atom stereocenters. The van der Waals surface area contributed by atoms with Gasteiger partial charge in [-0.1, -0.05) is 6.58 Å². The van der Waals surface area contributed by atoms with Gasteiger partial charge in [0.25, 0.3) is 5.56 Å². The Labute approximate surface area is 102 Å². The molecular formula is C11H14N2O5. The van der Waals surface area contributed by atoms with Gasteiger partial charge in [-0.3, -0.25) is 14.3 Å². The normalized spacial score (nSPS) is 27.7. The van der Waals surface area contributed by atoms with Crippen molar-refractivity contribution >= 4 is 0 Å². The molecule has 18 heavy (non-hydrogen) atoms. The molecule has 3 atom stereocenters. The van der Waals surface area contributed by atoms with E-state index < -0.39 is 29.7 Å². The number of nitrogens with one attached hydrogen (secondary N) is 1. The van der Waals surface area contributed by atoms with E-state index in [-0.39, 0.29) is 12.2 Å². The second-order valence-corrected chi connectivity index (χ2v) is 4.21. The zero-order valence-electron chi connectivity index (χ0n) is 9.79. The van der Waals surface area contributed by atoms with Gasteiger partial charge in [0.15, 0.2) is 6.23 Å². The highest BCUT2D eigenvalue weighted by molar-refractivity contribution is 5.16. The molecule has 2 heterocycles. The molecule has 7 nitrogen and oxygen atoms in total. The van der Waals surface area contributed by atoms with E-state index in [0.29, 0.717) is 5.56 Å². The maximum absolute atomic E-state index is 11.7. The van der Waals surface area contributed by atoms with E-state index in [4.69, 9.17) is 9.84 Å². The number of ether oxygens (including phenoxy) is 1. The number of hydrogen-bond donors (Lipinski definition) is 3. The van der Waals surface area contributed by atoms with Crippen molar-refractivity contribution in [1.82, 2.24) is 9.55 Å². The van der Waals surface area contributed by atoms with Crippen molar-refractivity contribution in [2.24, 2.45) is 0 Å². The van der Waals surface area contributed by atoms with Gasteiger partial charge in [0.2, 0.25) is 0 Å². The summed E-state index contributed by atoms with van der Waals surface area (Å²) < 4.78 is 6.48. The molecule has 1 aliphatic rings. The molecule has 7 heteroatoms. The first-order valence-corrected chi connectivity index (χ1v) is 5.41. The predicted octanol–water partition coefficient (Wildman–Crippen LogP) is -1.35. The molecule has 1 aliphatic heterocycles. The van der Waals surface area contributed by atoms with Crippen molar-refractivity contribution in [3.63, 3.8) is 0 Å². The first kappa shape index (κ1) is 12.7. The molecule has 1 aromatic heterocycles. The lowest BCUT2D eigenvalue weighted by Crippen LogP contribution is -2.33. The minimum atomic E-state index is -1.04. The number of H-pyrrole nitrogens is 1. The SMILES string of the molecule is C=C1C(O)C(CO)OC1n1cc(C)c(=O)[nH]c1=O. The number of aliphatic hydroxyl groups excluding tert-OH is 2. The Morgan fingerprint density at radius 2 is 2.22 bits per heavy atom. The van der Waals surface area contributed by atoms with Crippen molar-refractivity contribution in [2.45, 2.75) is 25.4 Å². The van der Waals surface area contributed by atoms with E-state index in [2.05, 4.69) is 11.6 Å². The molecule has 0 aliphatic carbocycles. The Kier molecular flexibility index (Phi) is 3.20. The summed E-state index contributed by atoms with van der Waals surface area (Å²) in [6.45, 7) is 4.81. The van der Waals surface area contributed by atoms with Crippen molar-refractivity contribution < 1.29 is 14.9 Å². The lowest BCUT2D eigenvalue weighted by Gasteiger charge is -2.15. The Balaban J connectivity index is 2.45. The molecule has 0 radical (unpaired) electrons. The maximum atomic E-state index is 11.7. The fraction of sp³-hybridized carbons (Fsp3) is 0.455. The fourth-order valence-electron chi connectivity index (χ4n) is 1.86. The van der Waals surface area contributed by atoms with Crippen LogP contribution in [0.2, 0.25) is 0 Å². The van der Waals surface area contributed by atoms with Gasteiger partial charge in [0.1, 0.15) is 12.2 Å². The van der Waals surface area contributed by atoms with Gasteiger partial charge < -0.3 is 14.9 Å². The standard InChI is InChI=1S/C11H14N2O5/c1-5-3-13(11(17)12-9(5)16)10-6(2)8(15)7(4-14)18-10/h3,7-8,10,14-15H,2,4H2,1H3,(H,12,16,17). The second-order valence-electron chi connectivity index (χ2n) is 4.21. The number of nitrogens with zero attached hydrogens (tertiary/aromatic N) is 1. The van der Waals surface area contributed by atoms with Gasteiger partial charge in [-0.05, 0) is 6.92 Å². The summed E-state index contributed by atoms with van der Waals surface area (Å²) in [6, 6.07) is 0. The number of hydrogen-bond acceptors (Lipinski definition) is 5. The molecular weight excluding hydrogens is 240 g/mol. The Morgan fingerprint density at radius 1 is 1.56 bits per heavy atom. The van der Waals surface area contributed by atoms with Gasteiger partial charge in [-0.25, -0.2) is 4.79 Å². The van der Waals surface area contributed by atoms with Crippen LogP contribution in [0.1, 0.15) is 11.8 Å². The zero-order chi connectivity index (χ0) is 13.4. The smallest absolute Gasteiger partial charge is 0.330 e. The monoisotopic (exact) mass is 254 g/mol. The highest BCUT2D eigenvalue weighted by Gasteiger charge is 2.38.